The van der Waals surface area contributed by atoms with Crippen molar-refractivity contribution in [1.29, 1.82) is 0 Å². The summed E-state index contributed by atoms with van der Waals surface area (Å²) in [5.74, 6) is 0.762. The van der Waals surface area contributed by atoms with Gasteiger partial charge in [0.15, 0.2) is 0 Å². The van der Waals surface area contributed by atoms with Crippen LogP contribution in [0.4, 0.5) is 0 Å². The van der Waals surface area contributed by atoms with E-state index < -0.39 is 5.97 Å². The molecule has 1 heterocycles. The molecule has 0 bridgehead atoms. The maximum Gasteiger partial charge on any atom is 0.331 e. The third-order valence-electron chi connectivity index (χ3n) is 3.75. The molecule has 4 heteroatoms. The second-order valence-electron chi connectivity index (χ2n) is 5.74. The highest BCUT2D eigenvalue weighted by atomic mass is 16.5. The van der Waals surface area contributed by atoms with Gasteiger partial charge in [0.2, 0.25) is 5.89 Å². The number of hydrogen-bond donors (Lipinski definition) is 0. The highest BCUT2D eigenvalue weighted by molar-refractivity contribution is 5.87. The fourth-order valence-electron chi connectivity index (χ4n) is 2.30. The number of rotatable bonds is 5. The molecule has 0 unspecified atom stereocenters. The molecule has 3 aromatic rings. The summed E-state index contributed by atoms with van der Waals surface area (Å²) in [5, 5.41) is 0. The van der Waals surface area contributed by atoms with Gasteiger partial charge in [-0.05, 0) is 37.6 Å². The molecule has 1 aromatic heterocycles. The van der Waals surface area contributed by atoms with Gasteiger partial charge in [0.05, 0.1) is 0 Å². The summed E-state index contributed by atoms with van der Waals surface area (Å²) < 4.78 is 10.9. The molecular weight excluding hydrogens is 314 g/mol. The molecule has 25 heavy (non-hydrogen) atoms. The van der Waals surface area contributed by atoms with Gasteiger partial charge in [-0.2, -0.15) is 0 Å². The number of aromatic nitrogens is 1. The van der Waals surface area contributed by atoms with Gasteiger partial charge in [-0.3, -0.25) is 0 Å². The van der Waals surface area contributed by atoms with Crippen molar-refractivity contribution >= 4 is 12.0 Å². The van der Waals surface area contributed by atoms with Crippen LogP contribution in [0.1, 0.15) is 22.6 Å². The Bertz CT molecular complexity index is 877. The predicted molar refractivity (Wildman–Crippen MR) is 96.7 cm³/mol. The zero-order chi connectivity index (χ0) is 17.6. The van der Waals surface area contributed by atoms with Crippen molar-refractivity contribution in [2.75, 3.05) is 0 Å². The van der Waals surface area contributed by atoms with Crippen molar-refractivity contribution in [3.63, 3.8) is 0 Å². The topological polar surface area (TPSA) is 52.3 Å². The largest absolute Gasteiger partial charge is 0.456 e. The van der Waals surface area contributed by atoms with Crippen LogP contribution in [0.25, 0.3) is 17.5 Å². The van der Waals surface area contributed by atoms with Gasteiger partial charge in [0.25, 0.3) is 0 Å². The highest BCUT2D eigenvalue weighted by Gasteiger charge is 2.12. The van der Waals surface area contributed by atoms with Crippen LogP contribution in [0, 0.1) is 13.8 Å². The second-order valence-corrected chi connectivity index (χ2v) is 5.74. The van der Waals surface area contributed by atoms with Crippen LogP contribution in [0.2, 0.25) is 0 Å². The Kier molecular flexibility index (Phi) is 5.09. The van der Waals surface area contributed by atoms with Gasteiger partial charge >= 0.3 is 5.97 Å². The van der Waals surface area contributed by atoms with Crippen molar-refractivity contribution in [3.8, 4) is 11.5 Å². The van der Waals surface area contributed by atoms with Gasteiger partial charge in [0.1, 0.15) is 18.1 Å². The van der Waals surface area contributed by atoms with Crippen molar-refractivity contribution in [1.82, 2.24) is 4.98 Å². The van der Waals surface area contributed by atoms with Crippen LogP contribution < -0.4 is 0 Å². The number of aryl methyl sites for hydroxylation is 2. The minimum atomic E-state index is -0.413. The second kappa shape index (κ2) is 7.62. The quantitative estimate of drug-likeness (QED) is 0.501. The fourth-order valence-corrected chi connectivity index (χ4v) is 2.30. The number of nitrogens with zero attached hydrogens (tertiary/aromatic N) is 1. The molecule has 0 N–H and O–H groups in total. The van der Waals surface area contributed by atoms with E-state index in [1.807, 2.05) is 68.4 Å². The lowest BCUT2D eigenvalue weighted by atomic mass is 10.1. The normalized spacial score (nSPS) is 11.0. The minimum Gasteiger partial charge on any atom is -0.456 e. The molecule has 0 aliphatic carbocycles. The number of esters is 1. The number of ether oxygens (including phenoxy) is 1. The van der Waals surface area contributed by atoms with Crippen LogP contribution in [0.5, 0.6) is 0 Å². The highest BCUT2D eigenvalue weighted by Crippen LogP contribution is 2.21. The zero-order valence-electron chi connectivity index (χ0n) is 14.2. The zero-order valence-corrected chi connectivity index (χ0v) is 14.2. The number of carbonyl (C=O) groups excluding carboxylic acids is 1. The monoisotopic (exact) mass is 333 g/mol. The van der Waals surface area contributed by atoms with Crippen LogP contribution in [-0.2, 0) is 16.1 Å². The van der Waals surface area contributed by atoms with Crippen LogP contribution >= 0.6 is 0 Å². The van der Waals surface area contributed by atoms with Crippen molar-refractivity contribution in [2.45, 2.75) is 20.5 Å². The van der Waals surface area contributed by atoms with Crippen molar-refractivity contribution in [2.24, 2.45) is 0 Å². The van der Waals surface area contributed by atoms with Crippen LogP contribution in [0.3, 0.4) is 0 Å². The van der Waals surface area contributed by atoms with E-state index in [0.717, 1.165) is 11.1 Å². The summed E-state index contributed by atoms with van der Waals surface area (Å²) in [6.07, 6.45) is 3.14. The van der Waals surface area contributed by atoms with Gasteiger partial charge < -0.3 is 9.15 Å². The summed E-state index contributed by atoms with van der Waals surface area (Å²) in [6.45, 7) is 3.91. The summed E-state index contributed by atoms with van der Waals surface area (Å²) in [5.41, 5.74) is 3.64. The number of hydrogen-bond acceptors (Lipinski definition) is 4. The molecule has 0 aliphatic heterocycles. The molecule has 0 radical (unpaired) electrons. The van der Waals surface area contributed by atoms with E-state index in [-0.39, 0.29) is 6.61 Å². The number of oxazole rings is 1. The SMILES string of the molecule is Cc1ccc(/C=C/C(=O)OCc2nc(-c3ccccc3)oc2C)cc1. The first kappa shape index (κ1) is 16.7. The molecule has 126 valence electrons. The first-order valence-corrected chi connectivity index (χ1v) is 8.05. The average molecular weight is 333 g/mol. The van der Waals surface area contributed by atoms with E-state index in [2.05, 4.69) is 4.98 Å². The molecule has 4 nitrogen and oxygen atoms in total. The lowest BCUT2D eigenvalue weighted by Crippen LogP contribution is -2.02. The lowest BCUT2D eigenvalue weighted by molar-refractivity contribution is -0.139. The third kappa shape index (κ3) is 4.44. The Morgan fingerprint density at radius 3 is 2.52 bits per heavy atom. The molecule has 0 aliphatic rings. The average Bonchev–Trinajstić information content (AvgIpc) is 3.01. The fraction of sp³-hybridized carbons (Fsp3) is 0.143. The molecule has 0 saturated heterocycles. The van der Waals surface area contributed by atoms with E-state index in [4.69, 9.17) is 9.15 Å². The smallest absolute Gasteiger partial charge is 0.331 e. The Labute approximate surface area is 146 Å². The first-order chi connectivity index (χ1) is 12.1. The summed E-state index contributed by atoms with van der Waals surface area (Å²) in [7, 11) is 0. The van der Waals surface area contributed by atoms with Gasteiger partial charge in [-0.1, -0.05) is 48.0 Å². The Balaban J connectivity index is 1.60. The van der Waals surface area contributed by atoms with Gasteiger partial charge in [-0.25, -0.2) is 9.78 Å². The molecule has 0 fully saturated rings. The summed E-state index contributed by atoms with van der Waals surface area (Å²) in [4.78, 5) is 16.3. The van der Waals surface area contributed by atoms with E-state index in [9.17, 15) is 4.79 Å². The van der Waals surface area contributed by atoms with E-state index >= 15 is 0 Å². The molecular formula is C21H19NO3. The van der Waals surface area contributed by atoms with E-state index in [0.29, 0.717) is 17.3 Å². The van der Waals surface area contributed by atoms with Gasteiger partial charge in [0, 0.05) is 11.6 Å². The van der Waals surface area contributed by atoms with E-state index in [1.54, 1.807) is 6.08 Å². The minimum absolute atomic E-state index is 0.0826. The number of carbonyl (C=O) groups is 1. The lowest BCUT2D eigenvalue weighted by Gasteiger charge is -1.99. The van der Waals surface area contributed by atoms with Crippen molar-refractivity contribution in [3.05, 3.63) is 83.3 Å². The third-order valence-corrected chi connectivity index (χ3v) is 3.75. The van der Waals surface area contributed by atoms with Crippen LogP contribution in [0.15, 0.2) is 65.1 Å². The first-order valence-electron chi connectivity index (χ1n) is 8.05. The molecule has 0 spiro atoms. The maximum atomic E-state index is 11.9. The van der Waals surface area contributed by atoms with Crippen molar-refractivity contribution < 1.29 is 13.9 Å². The predicted octanol–water partition coefficient (Wildman–Crippen LogP) is 4.72. The summed E-state index contributed by atoms with van der Waals surface area (Å²) in [6, 6.07) is 17.5. The maximum absolute atomic E-state index is 11.9. The molecule has 0 saturated carbocycles. The molecule has 2 aromatic carbocycles. The number of benzene rings is 2. The molecule has 0 amide bonds. The standard InChI is InChI=1S/C21H19NO3/c1-15-8-10-17(11-9-15)12-13-20(23)24-14-19-16(2)25-21(22-19)18-6-4-3-5-7-18/h3-13H,14H2,1-2H3/b13-12+. The van der Waals surface area contributed by atoms with Crippen LogP contribution in [-0.4, -0.2) is 11.0 Å². The molecule has 3 rings (SSSR count). The Morgan fingerprint density at radius 1 is 1.08 bits per heavy atom. The molecule has 0 atom stereocenters. The van der Waals surface area contributed by atoms with E-state index in [1.165, 1.54) is 11.6 Å². The Morgan fingerprint density at radius 2 is 1.80 bits per heavy atom. The van der Waals surface area contributed by atoms with Gasteiger partial charge in [-0.15, -0.1) is 0 Å². The summed E-state index contributed by atoms with van der Waals surface area (Å²) >= 11 is 0. The Hall–Kier alpha value is -3.14.